The van der Waals surface area contributed by atoms with Gasteiger partial charge in [0.1, 0.15) is 5.54 Å². The number of hydrogen-bond donors (Lipinski definition) is 1. The first-order valence-corrected chi connectivity index (χ1v) is 5.05. The van der Waals surface area contributed by atoms with Crippen LogP contribution in [0.5, 0.6) is 0 Å². The fourth-order valence-electron chi connectivity index (χ4n) is 1.87. The minimum Gasteiger partial charge on any atom is -0.343 e. The van der Waals surface area contributed by atoms with Gasteiger partial charge in [-0.05, 0) is 19.4 Å². The van der Waals surface area contributed by atoms with E-state index in [4.69, 9.17) is 5.26 Å². The molecule has 1 rings (SSSR count). The van der Waals surface area contributed by atoms with E-state index >= 15 is 0 Å². The molecule has 1 aliphatic heterocycles. The summed E-state index contributed by atoms with van der Waals surface area (Å²) in [6.07, 6.45) is 1.47. The van der Waals surface area contributed by atoms with Crippen LogP contribution in [0, 0.1) is 11.3 Å². The van der Waals surface area contributed by atoms with Crippen molar-refractivity contribution in [3.8, 4) is 6.07 Å². The largest absolute Gasteiger partial charge is 0.343 e. The number of nitriles is 1. The molecule has 0 aromatic heterocycles. The predicted molar refractivity (Wildman–Crippen MR) is 53.5 cm³/mol. The Bertz CT molecular complexity index is 249. The Balaban J connectivity index is 2.55. The van der Waals surface area contributed by atoms with E-state index < -0.39 is 5.54 Å². The summed E-state index contributed by atoms with van der Waals surface area (Å²) in [6, 6.07) is 2.33. The van der Waals surface area contributed by atoms with Gasteiger partial charge in [0.25, 0.3) is 0 Å². The molecule has 1 saturated heterocycles. The van der Waals surface area contributed by atoms with E-state index in [1.807, 2.05) is 6.92 Å². The average Bonchev–Trinajstić information content (AvgIpc) is 2.19. The van der Waals surface area contributed by atoms with Gasteiger partial charge in [0.15, 0.2) is 0 Å². The second-order valence-corrected chi connectivity index (χ2v) is 3.73. The molecule has 1 amide bonds. The molecule has 1 aliphatic rings. The molecule has 78 valence electrons. The minimum atomic E-state index is -0.402. The molecular weight excluding hydrogens is 178 g/mol. The van der Waals surface area contributed by atoms with E-state index in [-0.39, 0.29) is 5.91 Å². The summed E-state index contributed by atoms with van der Waals surface area (Å²) in [6.45, 7) is 5.75. The maximum atomic E-state index is 11.1. The van der Waals surface area contributed by atoms with Gasteiger partial charge in [0.05, 0.1) is 6.07 Å². The highest BCUT2D eigenvalue weighted by Crippen LogP contribution is 2.21. The van der Waals surface area contributed by atoms with E-state index in [2.05, 4.69) is 11.4 Å². The van der Waals surface area contributed by atoms with E-state index in [0.717, 1.165) is 19.4 Å². The molecule has 1 N–H and O–H groups in total. The van der Waals surface area contributed by atoms with Crippen molar-refractivity contribution >= 4 is 5.91 Å². The summed E-state index contributed by atoms with van der Waals surface area (Å²) in [5, 5.41) is 12.3. The Kier molecular flexibility index (Phi) is 3.48. The Labute approximate surface area is 84.9 Å². The van der Waals surface area contributed by atoms with Gasteiger partial charge in [-0.3, -0.25) is 10.1 Å². The molecule has 0 atom stereocenters. The fourth-order valence-corrected chi connectivity index (χ4v) is 1.87. The number of carbonyl (C=O) groups is 1. The number of amides is 1. The number of likely N-dealkylation sites (tertiary alicyclic amines) is 1. The van der Waals surface area contributed by atoms with Crippen molar-refractivity contribution in [2.75, 3.05) is 19.6 Å². The molecule has 0 aliphatic carbocycles. The van der Waals surface area contributed by atoms with Gasteiger partial charge in [-0.15, -0.1) is 0 Å². The van der Waals surface area contributed by atoms with Crippen LogP contribution in [0.4, 0.5) is 0 Å². The third-order valence-corrected chi connectivity index (χ3v) is 2.79. The zero-order valence-corrected chi connectivity index (χ0v) is 8.84. The van der Waals surface area contributed by atoms with Gasteiger partial charge in [0.2, 0.25) is 5.91 Å². The van der Waals surface area contributed by atoms with Crippen molar-refractivity contribution in [3.63, 3.8) is 0 Å². The molecule has 0 saturated carbocycles. The summed E-state index contributed by atoms with van der Waals surface area (Å²) in [5.41, 5.74) is -0.402. The summed E-state index contributed by atoms with van der Waals surface area (Å²) < 4.78 is 0. The summed E-state index contributed by atoms with van der Waals surface area (Å²) in [7, 11) is 0. The van der Waals surface area contributed by atoms with Crippen molar-refractivity contribution in [2.45, 2.75) is 32.2 Å². The van der Waals surface area contributed by atoms with Crippen LogP contribution in [0.3, 0.4) is 0 Å². The van der Waals surface area contributed by atoms with Gasteiger partial charge in [-0.1, -0.05) is 6.92 Å². The average molecular weight is 195 g/mol. The molecule has 0 aromatic carbocycles. The Morgan fingerprint density at radius 3 is 2.50 bits per heavy atom. The number of nitrogens with zero attached hydrogens (tertiary/aromatic N) is 2. The van der Waals surface area contributed by atoms with Crippen molar-refractivity contribution in [1.82, 2.24) is 10.2 Å². The monoisotopic (exact) mass is 195 g/mol. The minimum absolute atomic E-state index is 0.105. The van der Waals surface area contributed by atoms with E-state index in [1.165, 1.54) is 0 Å². The third-order valence-electron chi connectivity index (χ3n) is 2.79. The topological polar surface area (TPSA) is 56.1 Å². The van der Waals surface area contributed by atoms with Crippen molar-refractivity contribution < 1.29 is 4.79 Å². The molecule has 0 aromatic rings. The van der Waals surface area contributed by atoms with Crippen LogP contribution in [-0.4, -0.2) is 36.0 Å². The van der Waals surface area contributed by atoms with E-state index in [1.54, 1.807) is 11.8 Å². The third kappa shape index (κ3) is 2.24. The van der Waals surface area contributed by atoms with Crippen LogP contribution in [0.15, 0.2) is 0 Å². The standard InChI is InChI=1S/C10H17N3O/c1-3-12-10(8-11)4-6-13(7-5-10)9(2)14/h12H,3-7H2,1-2H3. The van der Waals surface area contributed by atoms with Gasteiger partial charge in [0, 0.05) is 20.0 Å². The van der Waals surface area contributed by atoms with E-state index in [0.29, 0.717) is 13.1 Å². The van der Waals surface area contributed by atoms with Gasteiger partial charge >= 0.3 is 0 Å². The fraction of sp³-hybridized carbons (Fsp3) is 0.800. The van der Waals surface area contributed by atoms with Crippen LogP contribution in [-0.2, 0) is 4.79 Å². The highest BCUT2D eigenvalue weighted by atomic mass is 16.2. The lowest BCUT2D eigenvalue weighted by atomic mass is 9.89. The van der Waals surface area contributed by atoms with Crippen LogP contribution < -0.4 is 5.32 Å². The molecule has 0 spiro atoms. The molecule has 0 radical (unpaired) electrons. The van der Waals surface area contributed by atoms with Gasteiger partial charge < -0.3 is 4.90 Å². The zero-order chi connectivity index (χ0) is 10.6. The van der Waals surface area contributed by atoms with Crippen LogP contribution >= 0.6 is 0 Å². The SMILES string of the molecule is CCNC1(C#N)CCN(C(C)=O)CC1. The Morgan fingerprint density at radius 1 is 1.57 bits per heavy atom. The maximum absolute atomic E-state index is 11.1. The number of nitrogens with one attached hydrogen (secondary N) is 1. The molecule has 4 nitrogen and oxygen atoms in total. The number of piperidine rings is 1. The molecular formula is C10H17N3O. The maximum Gasteiger partial charge on any atom is 0.219 e. The number of rotatable bonds is 2. The smallest absolute Gasteiger partial charge is 0.219 e. The van der Waals surface area contributed by atoms with Crippen LogP contribution in [0.25, 0.3) is 0 Å². The number of carbonyl (C=O) groups excluding carboxylic acids is 1. The molecule has 0 unspecified atom stereocenters. The highest BCUT2D eigenvalue weighted by Gasteiger charge is 2.34. The molecule has 1 fully saturated rings. The molecule has 0 bridgehead atoms. The van der Waals surface area contributed by atoms with Crippen molar-refractivity contribution in [3.05, 3.63) is 0 Å². The summed E-state index contributed by atoms with van der Waals surface area (Å²) in [4.78, 5) is 12.9. The van der Waals surface area contributed by atoms with Crippen LogP contribution in [0.1, 0.15) is 26.7 Å². The first kappa shape index (κ1) is 11.0. The second-order valence-electron chi connectivity index (χ2n) is 3.73. The molecule has 4 heteroatoms. The zero-order valence-electron chi connectivity index (χ0n) is 8.84. The quantitative estimate of drug-likeness (QED) is 0.698. The first-order valence-electron chi connectivity index (χ1n) is 5.05. The van der Waals surface area contributed by atoms with Crippen molar-refractivity contribution in [1.29, 1.82) is 5.26 Å². The summed E-state index contributed by atoms with van der Waals surface area (Å²) in [5.74, 6) is 0.105. The highest BCUT2D eigenvalue weighted by molar-refractivity contribution is 5.73. The summed E-state index contributed by atoms with van der Waals surface area (Å²) >= 11 is 0. The van der Waals surface area contributed by atoms with Gasteiger partial charge in [-0.25, -0.2) is 0 Å². The lowest BCUT2D eigenvalue weighted by Crippen LogP contribution is -2.53. The lowest BCUT2D eigenvalue weighted by molar-refractivity contribution is -0.130. The van der Waals surface area contributed by atoms with Gasteiger partial charge in [-0.2, -0.15) is 5.26 Å². The number of hydrogen-bond acceptors (Lipinski definition) is 3. The molecule has 1 heterocycles. The predicted octanol–water partition coefficient (Wildman–Crippen LogP) is 0.501. The van der Waals surface area contributed by atoms with E-state index in [9.17, 15) is 4.79 Å². The Morgan fingerprint density at radius 2 is 2.14 bits per heavy atom. The van der Waals surface area contributed by atoms with Crippen LogP contribution in [0.2, 0.25) is 0 Å². The van der Waals surface area contributed by atoms with Crippen molar-refractivity contribution in [2.24, 2.45) is 0 Å². The first-order chi connectivity index (χ1) is 6.63. The normalized spacial score (nSPS) is 20.2. The second kappa shape index (κ2) is 4.43. The lowest BCUT2D eigenvalue weighted by Gasteiger charge is -2.37. The molecule has 14 heavy (non-hydrogen) atoms. The Hall–Kier alpha value is -1.08.